The predicted molar refractivity (Wildman–Crippen MR) is 258 cm³/mol. The van der Waals surface area contributed by atoms with Crippen molar-refractivity contribution in [3.8, 4) is 0 Å². The quantitative estimate of drug-likeness (QED) is 0.0560. The van der Waals surface area contributed by atoms with E-state index in [0.29, 0.717) is 50.8 Å². The molecule has 0 radical (unpaired) electrons. The number of primary amides is 1. The first kappa shape index (κ1) is 50.8. The van der Waals surface area contributed by atoms with Crippen LogP contribution >= 0.6 is 0 Å². The smallest absolute Gasteiger partial charge is 0.249 e. The van der Waals surface area contributed by atoms with Crippen LogP contribution in [0, 0.1) is 0 Å². The van der Waals surface area contributed by atoms with Gasteiger partial charge in [0.2, 0.25) is 47.8 Å². The van der Waals surface area contributed by atoms with Crippen molar-refractivity contribution in [3.63, 3.8) is 0 Å². The molecule has 364 valence electrons. The van der Waals surface area contributed by atoms with E-state index in [1.165, 1.54) is 4.90 Å². The van der Waals surface area contributed by atoms with Crippen molar-refractivity contribution in [3.05, 3.63) is 95.6 Å². The fourth-order valence-electron chi connectivity index (χ4n) is 9.67. The Morgan fingerprint density at radius 1 is 0.809 bits per heavy atom. The Balaban J connectivity index is 0.974. The molecule has 8 amide bonds. The molecule has 5 atom stereocenters. The van der Waals surface area contributed by atoms with Crippen LogP contribution in [0.2, 0.25) is 0 Å². The molecular formula is C51H67N9O8. The zero-order valence-electron chi connectivity index (χ0n) is 39.3. The summed E-state index contributed by atoms with van der Waals surface area (Å²) in [5.74, 6) is -2.52. The number of rotatable bonds is 22. The normalized spacial score (nSPS) is 19.9. The number of carbonyl (C=O) groups excluding carboxylic acids is 8. The van der Waals surface area contributed by atoms with Crippen molar-refractivity contribution in [2.24, 2.45) is 11.5 Å². The van der Waals surface area contributed by atoms with E-state index < -0.39 is 53.8 Å². The Morgan fingerprint density at radius 3 is 2.15 bits per heavy atom. The standard InChI is InChI=1S/C51H67N9O8/c1-57(33-61)43-31-34(23-25-40(43)58(2)41-27-28-45(63)55-49(41)66)15-8-4-3-5-13-22-46(64)59-30-29-37-24-26-42(60(37)51(68)38(52)32-59)50(67)54-39(20-14-21-44(53)62)48(65)56-47(35-16-9-6-10-17-35)36-18-11-7-12-19-36/h6-7,9-12,16-19,23,25,31,33,37-39,41-42,47H,3-5,8,13-15,20-22,24,26-30,32,52H2,1-2H3,(H2,53,62)(H,54,67)(H,56,65)(H,55,63,66)/t37-,38+,39+,41?,42+/m1/s1. The molecule has 0 aromatic heterocycles. The number of fused-ring (bicyclic) bond motifs is 1. The number of hydrogen-bond donors (Lipinski definition) is 5. The van der Waals surface area contributed by atoms with E-state index in [2.05, 4.69) is 16.0 Å². The lowest BCUT2D eigenvalue weighted by atomic mass is 9.97. The molecule has 17 heteroatoms. The highest BCUT2D eigenvalue weighted by Crippen LogP contribution is 2.33. The van der Waals surface area contributed by atoms with Gasteiger partial charge in [-0.05, 0) is 86.6 Å². The number of nitrogens with one attached hydrogen (secondary N) is 3. The Morgan fingerprint density at radius 2 is 1.49 bits per heavy atom. The van der Waals surface area contributed by atoms with Gasteiger partial charge in [0.1, 0.15) is 24.2 Å². The summed E-state index contributed by atoms with van der Waals surface area (Å²) in [5, 5.41) is 8.42. The molecule has 0 aliphatic carbocycles. The third kappa shape index (κ3) is 13.3. The van der Waals surface area contributed by atoms with Crippen LogP contribution in [0.1, 0.15) is 113 Å². The average Bonchev–Trinajstić information content (AvgIpc) is 3.76. The van der Waals surface area contributed by atoms with Gasteiger partial charge in [-0.25, -0.2) is 0 Å². The van der Waals surface area contributed by atoms with E-state index in [0.717, 1.165) is 60.9 Å². The van der Waals surface area contributed by atoms with E-state index in [1.807, 2.05) is 83.8 Å². The molecule has 3 aliphatic heterocycles. The van der Waals surface area contributed by atoms with Gasteiger partial charge in [-0.3, -0.25) is 43.7 Å². The largest absolute Gasteiger partial charge is 0.370 e. The lowest BCUT2D eigenvalue weighted by Gasteiger charge is -2.37. The Hall–Kier alpha value is -6.62. The Labute approximate surface area is 398 Å². The number of unbranched alkanes of at least 4 members (excludes halogenated alkanes) is 4. The highest BCUT2D eigenvalue weighted by atomic mass is 16.2. The number of nitrogens with two attached hydrogens (primary N) is 2. The maximum absolute atomic E-state index is 14.1. The minimum absolute atomic E-state index is 0.0388. The molecule has 3 fully saturated rings. The van der Waals surface area contributed by atoms with Gasteiger partial charge in [-0.15, -0.1) is 0 Å². The number of benzene rings is 3. The molecule has 3 saturated heterocycles. The fourth-order valence-corrected chi connectivity index (χ4v) is 9.67. The minimum Gasteiger partial charge on any atom is -0.370 e. The number of piperidine rings is 1. The molecule has 0 saturated carbocycles. The van der Waals surface area contributed by atoms with Crippen molar-refractivity contribution >= 4 is 59.1 Å². The fraction of sp³-hybridized carbons (Fsp3) is 0.490. The third-order valence-electron chi connectivity index (χ3n) is 13.5. The molecule has 1 unspecified atom stereocenters. The molecule has 68 heavy (non-hydrogen) atoms. The van der Waals surface area contributed by atoms with E-state index in [9.17, 15) is 38.4 Å². The summed E-state index contributed by atoms with van der Waals surface area (Å²) >= 11 is 0. The van der Waals surface area contributed by atoms with Gasteiger partial charge in [0.05, 0.1) is 17.4 Å². The van der Waals surface area contributed by atoms with Gasteiger partial charge < -0.3 is 41.7 Å². The summed E-state index contributed by atoms with van der Waals surface area (Å²) in [6.45, 7) is 0.439. The van der Waals surface area contributed by atoms with E-state index in [-0.39, 0.29) is 56.0 Å². The van der Waals surface area contributed by atoms with Crippen molar-refractivity contribution < 1.29 is 38.4 Å². The molecule has 3 heterocycles. The molecule has 3 aliphatic rings. The third-order valence-corrected chi connectivity index (χ3v) is 13.5. The molecule has 0 bridgehead atoms. The number of nitrogens with zero attached hydrogens (tertiary/aromatic N) is 4. The van der Waals surface area contributed by atoms with Crippen molar-refractivity contribution in [2.45, 2.75) is 133 Å². The van der Waals surface area contributed by atoms with Crippen molar-refractivity contribution in [2.75, 3.05) is 37.0 Å². The minimum atomic E-state index is -1.03. The average molecular weight is 934 g/mol. The lowest BCUT2D eigenvalue weighted by molar-refractivity contribution is -0.145. The van der Waals surface area contributed by atoms with Crippen LogP contribution in [-0.4, -0.2) is 115 Å². The van der Waals surface area contributed by atoms with E-state index in [4.69, 9.17) is 11.5 Å². The number of anilines is 2. The molecular weight excluding hydrogens is 867 g/mol. The zero-order valence-corrected chi connectivity index (χ0v) is 39.3. The Bertz CT molecular complexity index is 2220. The molecule has 17 nitrogen and oxygen atoms in total. The molecule has 0 spiro atoms. The maximum atomic E-state index is 14.1. The van der Waals surface area contributed by atoms with Gasteiger partial charge in [0.15, 0.2) is 0 Å². The van der Waals surface area contributed by atoms with Crippen LogP contribution in [0.5, 0.6) is 0 Å². The van der Waals surface area contributed by atoms with E-state index in [1.54, 1.807) is 23.9 Å². The Kier molecular flexibility index (Phi) is 18.2. The second kappa shape index (κ2) is 24.4. The van der Waals surface area contributed by atoms with Gasteiger partial charge >= 0.3 is 0 Å². The van der Waals surface area contributed by atoms with Gasteiger partial charge in [0.25, 0.3) is 0 Å². The first-order valence-corrected chi connectivity index (χ1v) is 24.0. The molecule has 3 aromatic rings. The van der Waals surface area contributed by atoms with Crippen LogP contribution in [-0.2, 0) is 44.8 Å². The summed E-state index contributed by atoms with van der Waals surface area (Å²) < 4.78 is 0. The number of aryl methyl sites for hydroxylation is 1. The SMILES string of the molecule is CN(C=O)c1cc(CCCCCCCC(=O)N2CC[C@H]3CC[C@@H](C(=O)N[C@@H](CCCC(N)=O)C(=O)NC(c4ccccc4)c4ccccc4)N3C(=O)[C@@H](N)C2)ccc1N(C)C1CCC(=O)NC1=O. The first-order valence-electron chi connectivity index (χ1n) is 24.0. The first-order chi connectivity index (χ1) is 32.7. The number of carbonyl (C=O) groups is 8. The van der Waals surface area contributed by atoms with Crippen LogP contribution in [0.4, 0.5) is 11.4 Å². The highest BCUT2D eigenvalue weighted by molar-refractivity contribution is 6.02. The summed E-state index contributed by atoms with van der Waals surface area (Å²) in [5.41, 5.74) is 16.1. The number of imide groups is 1. The summed E-state index contributed by atoms with van der Waals surface area (Å²) in [6.07, 6.45) is 8.71. The van der Waals surface area contributed by atoms with Gasteiger partial charge in [-0.2, -0.15) is 0 Å². The van der Waals surface area contributed by atoms with E-state index >= 15 is 0 Å². The van der Waals surface area contributed by atoms with Gasteiger partial charge in [-0.1, -0.05) is 86.0 Å². The number of hydrogen-bond acceptors (Lipinski definition) is 10. The summed E-state index contributed by atoms with van der Waals surface area (Å²) in [4.78, 5) is 110. The van der Waals surface area contributed by atoms with Crippen molar-refractivity contribution in [1.82, 2.24) is 25.8 Å². The summed E-state index contributed by atoms with van der Waals surface area (Å²) in [7, 11) is 3.46. The van der Waals surface area contributed by atoms with Crippen LogP contribution in [0.3, 0.4) is 0 Å². The van der Waals surface area contributed by atoms with Gasteiger partial charge in [0, 0.05) is 52.5 Å². The van der Waals surface area contributed by atoms with Crippen LogP contribution in [0.25, 0.3) is 0 Å². The summed E-state index contributed by atoms with van der Waals surface area (Å²) in [6, 6.07) is 20.6. The predicted octanol–water partition coefficient (Wildman–Crippen LogP) is 3.37. The molecule has 3 aromatic carbocycles. The molecule has 6 rings (SSSR count). The van der Waals surface area contributed by atoms with Crippen LogP contribution in [0.15, 0.2) is 78.9 Å². The second-order valence-electron chi connectivity index (χ2n) is 18.3. The number of amides is 8. The van der Waals surface area contributed by atoms with Crippen molar-refractivity contribution in [1.29, 1.82) is 0 Å². The number of likely N-dealkylation sites (N-methyl/N-ethyl adjacent to an activating group) is 1. The molecule has 7 N–H and O–H groups in total. The second-order valence-corrected chi connectivity index (χ2v) is 18.3. The zero-order chi connectivity index (χ0) is 48.7. The monoisotopic (exact) mass is 934 g/mol. The topological polar surface area (TPSA) is 238 Å². The van der Waals surface area contributed by atoms with Crippen LogP contribution < -0.4 is 37.2 Å². The highest BCUT2D eigenvalue weighted by Gasteiger charge is 2.45. The maximum Gasteiger partial charge on any atom is 0.249 e. The lowest BCUT2D eigenvalue weighted by Crippen LogP contribution is -2.60.